The number of nitrogens with zero attached hydrogens (tertiary/aromatic N) is 5. The topological polar surface area (TPSA) is 64.5 Å². The molecule has 0 radical (unpaired) electrons. The fourth-order valence-electron chi connectivity index (χ4n) is 4.88. The Morgan fingerprint density at radius 3 is 1.39 bits per heavy atom. The van der Waals surface area contributed by atoms with E-state index in [4.69, 9.17) is 4.98 Å². The third-order valence-electron chi connectivity index (χ3n) is 6.71. The van der Waals surface area contributed by atoms with Crippen LogP contribution in [0.5, 0.6) is 0 Å². The lowest BCUT2D eigenvalue weighted by molar-refractivity contribution is 1.06. The molecule has 0 amide bonds. The maximum atomic E-state index is 4.84. The van der Waals surface area contributed by atoms with Gasteiger partial charge in [0, 0.05) is 45.4 Å². The largest absolute Gasteiger partial charge is 0.256 e. The van der Waals surface area contributed by atoms with E-state index in [2.05, 4.69) is 68.5 Å². The standard InChI is InChI=1S/C33H21N5/c1-3-13-28-22(7-1)15-17-34-30(28)24-9-5-11-26(19-24)32-36-21-37-33(38-32)27-12-6-10-25(20-27)31-29-14-4-2-8-23(29)16-18-35-31/h1-21H. The summed E-state index contributed by atoms with van der Waals surface area (Å²) < 4.78 is 0. The summed E-state index contributed by atoms with van der Waals surface area (Å²) in [6, 6.07) is 37.0. The Hall–Kier alpha value is -5.29. The minimum absolute atomic E-state index is 0.616. The van der Waals surface area contributed by atoms with Crippen molar-refractivity contribution in [2.45, 2.75) is 0 Å². The fraction of sp³-hybridized carbons (Fsp3) is 0. The molecule has 3 heterocycles. The predicted molar refractivity (Wildman–Crippen MR) is 152 cm³/mol. The van der Waals surface area contributed by atoms with Gasteiger partial charge >= 0.3 is 0 Å². The van der Waals surface area contributed by atoms with Crippen molar-refractivity contribution < 1.29 is 0 Å². The van der Waals surface area contributed by atoms with Gasteiger partial charge in [-0.15, -0.1) is 0 Å². The quantitative estimate of drug-likeness (QED) is 0.255. The maximum absolute atomic E-state index is 4.84. The highest BCUT2D eigenvalue weighted by atomic mass is 15.0. The molecule has 0 saturated carbocycles. The molecule has 7 aromatic rings. The van der Waals surface area contributed by atoms with Crippen LogP contribution < -0.4 is 0 Å². The van der Waals surface area contributed by atoms with Gasteiger partial charge in [-0.05, 0) is 35.0 Å². The van der Waals surface area contributed by atoms with Crippen LogP contribution in [0.4, 0.5) is 0 Å². The van der Waals surface area contributed by atoms with Crippen LogP contribution in [0, 0.1) is 0 Å². The Bertz CT molecular complexity index is 1800. The number of aromatic nitrogens is 5. The van der Waals surface area contributed by atoms with Crippen molar-refractivity contribution in [1.29, 1.82) is 0 Å². The molecule has 0 unspecified atom stereocenters. The second-order valence-corrected chi connectivity index (χ2v) is 9.06. The molecule has 3 aromatic heterocycles. The summed E-state index contributed by atoms with van der Waals surface area (Å²) in [7, 11) is 0. The minimum Gasteiger partial charge on any atom is -0.256 e. The van der Waals surface area contributed by atoms with Gasteiger partial charge in [0.1, 0.15) is 6.33 Å². The summed E-state index contributed by atoms with van der Waals surface area (Å²) in [5, 5.41) is 4.54. The van der Waals surface area contributed by atoms with E-state index in [1.54, 1.807) is 6.33 Å². The van der Waals surface area contributed by atoms with Gasteiger partial charge in [0.15, 0.2) is 11.6 Å². The first-order chi connectivity index (χ1) is 18.8. The van der Waals surface area contributed by atoms with Crippen molar-refractivity contribution >= 4 is 21.5 Å². The molecule has 5 heteroatoms. The molecule has 7 rings (SSSR count). The average Bonchev–Trinajstić information content (AvgIpc) is 3.01. The Labute approximate surface area is 219 Å². The number of benzene rings is 4. The van der Waals surface area contributed by atoms with Crippen LogP contribution in [0.15, 0.2) is 128 Å². The smallest absolute Gasteiger partial charge is 0.163 e. The van der Waals surface area contributed by atoms with E-state index < -0.39 is 0 Å². The van der Waals surface area contributed by atoms with E-state index >= 15 is 0 Å². The molecule has 0 spiro atoms. The predicted octanol–water partition coefficient (Wildman–Crippen LogP) is 7.64. The highest BCUT2D eigenvalue weighted by Gasteiger charge is 2.12. The van der Waals surface area contributed by atoms with Crippen molar-refractivity contribution in [3.8, 4) is 45.3 Å². The first kappa shape index (κ1) is 21.9. The van der Waals surface area contributed by atoms with Crippen molar-refractivity contribution in [1.82, 2.24) is 24.9 Å². The van der Waals surface area contributed by atoms with E-state index in [1.807, 2.05) is 73.1 Å². The second kappa shape index (κ2) is 9.30. The van der Waals surface area contributed by atoms with E-state index in [0.29, 0.717) is 11.6 Å². The monoisotopic (exact) mass is 487 g/mol. The van der Waals surface area contributed by atoms with E-state index in [-0.39, 0.29) is 0 Å². The van der Waals surface area contributed by atoms with Crippen LogP contribution >= 0.6 is 0 Å². The SMILES string of the molecule is c1cc(-c2ncnc(-c3cccc(-c4nccc5ccccc45)c3)n2)cc(-c2nccc3ccccc23)c1. The lowest BCUT2D eigenvalue weighted by atomic mass is 10.0. The summed E-state index contributed by atoms with van der Waals surface area (Å²) in [4.78, 5) is 23.2. The highest BCUT2D eigenvalue weighted by Crippen LogP contribution is 2.31. The summed E-state index contributed by atoms with van der Waals surface area (Å²) in [6.07, 6.45) is 5.27. The van der Waals surface area contributed by atoms with E-state index in [1.165, 1.54) is 0 Å². The lowest BCUT2D eigenvalue weighted by Gasteiger charge is -2.09. The van der Waals surface area contributed by atoms with Crippen molar-refractivity contribution in [3.05, 3.63) is 128 Å². The number of pyridine rings is 2. The molecule has 0 atom stereocenters. The Morgan fingerprint density at radius 2 is 0.868 bits per heavy atom. The van der Waals surface area contributed by atoms with Gasteiger partial charge in [-0.3, -0.25) is 9.97 Å². The molecule has 0 aliphatic carbocycles. The van der Waals surface area contributed by atoms with Crippen LogP contribution in [-0.2, 0) is 0 Å². The average molecular weight is 488 g/mol. The van der Waals surface area contributed by atoms with Crippen molar-refractivity contribution in [2.75, 3.05) is 0 Å². The first-order valence-electron chi connectivity index (χ1n) is 12.4. The zero-order valence-corrected chi connectivity index (χ0v) is 20.4. The number of fused-ring (bicyclic) bond motifs is 2. The Morgan fingerprint density at radius 1 is 0.395 bits per heavy atom. The normalized spacial score (nSPS) is 11.2. The second-order valence-electron chi connectivity index (χ2n) is 9.06. The van der Waals surface area contributed by atoms with Gasteiger partial charge in [0.25, 0.3) is 0 Å². The summed E-state index contributed by atoms with van der Waals surface area (Å²) in [5.74, 6) is 1.23. The molecule has 0 aliphatic heterocycles. The van der Waals surface area contributed by atoms with Gasteiger partial charge in [-0.1, -0.05) is 84.9 Å². The Balaban J connectivity index is 1.28. The van der Waals surface area contributed by atoms with Crippen LogP contribution in [0.2, 0.25) is 0 Å². The van der Waals surface area contributed by atoms with Crippen LogP contribution in [0.1, 0.15) is 0 Å². The lowest BCUT2D eigenvalue weighted by Crippen LogP contribution is -1.96. The molecule has 4 aromatic carbocycles. The molecule has 178 valence electrons. The highest BCUT2D eigenvalue weighted by molar-refractivity contribution is 5.96. The third kappa shape index (κ3) is 3.96. The molecule has 0 fully saturated rings. The molecule has 38 heavy (non-hydrogen) atoms. The molecule has 0 bridgehead atoms. The number of hydrogen-bond acceptors (Lipinski definition) is 5. The summed E-state index contributed by atoms with van der Waals surface area (Å²) >= 11 is 0. The zero-order valence-electron chi connectivity index (χ0n) is 20.4. The van der Waals surface area contributed by atoms with Crippen molar-refractivity contribution in [2.24, 2.45) is 0 Å². The molecule has 0 N–H and O–H groups in total. The molecular weight excluding hydrogens is 466 g/mol. The first-order valence-corrected chi connectivity index (χ1v) is 12.4. The van der Waals surface area contributed by atoms with Crippen LogP contribution in [-0.4, -0.2) is 24.9 Å². The Kier molecular flexibility index (Phi) is 5.37. The van der Waals surface area contributed by atoms with Gasteiger partial charge in [-0.25, -0.2) is 15.0 Å². The maximum Gasteiger partial charge on any atom is 0.163 e. The summed E-state index contributed by atoms with van der Waals surface area (Å²) in [6.45, 7) is 0. The third-order valence-corrected chi connectivity index (χ3v) is 6.71. The van der Waals surface area contributed by atoms with Gasteiger partial charge in [0.2, 0.25) is 0 Å². The molecule has 0 aliphatic rings. The molecular formula is C33H21N5. The van der Waals surface area contributed by atoms with Gasteiger partial charge in [0.05, 0.1) is 11.4 Å². The zero-order chi connectivity index (χ0) is 25.3. The summed E-state index contributed by atoms with van der Waals surface area (Å²) in [5.41, 5.74) is 5.74. The molecule has 0 saturated heterocycles. The van der Waals surface area contributed by atoms with E-state index in [0.717, 1.165) is 55.2 Å². The van der Waals surface area contributed by atoms with Crippen molar-refractivity contribution in [3.63, 3.8) is 0 Å². The fourth-order valence-corrected chi connectivity index (χ4v) is 4.88. The van der Waals surface area contributed by atoms with E-state index in [9.17, 15) is 0 Å². The van der Waals surface area contributed by atoms with Gasteiger partial charge < -0.3 is 0 Å². The number of hydrogen-bond donors (Lipinski definition) is 0. The minimum atomic E-state index is 0.616. The van der Waals surface area contributed by atoms with Gasteiger partial charge in [-0.2, -0.15) is 0 Å². The number of rotatable bonds is 4. The van der Waals surface area contributed by atoms with Crippen LogP contribution in [0.3, 0.4) is 0 Å². The molecule has 5 nitrogen and oxygen atoms in total. The van der Waals surface area contributed by atoms with Crippen LogP contribution in [0.25, 0.3) is 66.8 Å².